The van der Waals surface area contributed by atoms with E-state index in [1.165, 1.54) is 19.4 Å². The van der Waals surface area contributed by atoms with Crippen molar-refractivity contribution < 1.29 is 9.53 Å². The molecule has 3 saturated heterocycles. The van der Waals surface area contributed by atoms with Gasteiger partial charge in [0, 0.05) is 31.7 Å². The van der Waals surface area contributed by atoms with Gasteiger partial charge < -0.3 is 15.0 Å². The molecule has 0 bridgehead atoms. The third-order valence-corrected chi connectivity index (χ3v) is 4.44. The summed E-state index contributed by atoms with van der Waals surface area (Å²) in [6.07, 6.45) is 2.52. The molecule has 3 heterocycles. The van der Waals surface area contributed by atoms with Crippen molar-refractivity contribution in [3.63, 3.8) is 0 Å². The number of ether oxygens (including phenoxy) is 1. The van der Waals surface area contributed by atoms with E-state index in [2.05, 4.69) is 22.0 Å². The minimum Gasteiger partial charge on any atom is -0.378 e. The summed E-state index contributed by atoms with van der Waals surface area (Å²) in [5, 5.41) is 3.27. The van der Waals surface area contributed by atoms with Gasteiger partial charge >= 0.3 is 0 Å². The highest BCUT2D eigenvalue weighted by atomic mass is 35.5. The fraction of sp³-hybridized carbons (Fsp3) is 0.923. The first-order chi connectivity index (χ1) is 8.75. The monoisotopic (exact) mass is 325 g/mol. The predicted molar refractivity (Wildman–Crippen MR) is 82.9 cm³/mol. The van der Waals surface area contributed by atoms with E-state index in [0.717, 1.165) is 26.2 Å². The smallest absolute Gasteiger partial charge is 0.242 e. The Hall–Kier alpha value is -0.0700. The third-order valence-electron chi connectivity index (χ3n) is 4.44. The Morgan fingerprint density at radius 3 is 2.80 bits per heavy atom. The maximum Gasteiger partial charge on any atom is 0.242 e. The van der Waals surface area contributed by atoms with Crippen LogP contribution in [0.3, 0.4) is 0 Å². The van der Waals surface area contributed by atoms with Gasteiger partial charge in [-0.25, -0.2) is 0 Å². The maximum atomic E-state index is 12.5. The molecule has 0 aromatic rings. The number of nitrogens with one attached hydrogen (secondary N) is 1. The fourth-order valence-corrected chi connectivity index (χ4v) is 3.42. The Bertz CT molecular complexity index is 327. The Balaban J connectivity index is 0.000001000. The zero-order valence-electron chi connectivity index (χ0n) is 11.9. The van der Waals surface area contributed by atoms with Gasteiger partial charge in [0.25, 0.3) is 0 Å². The number of amides is 1. The Kier molecular flexibility index (Phi) is 7.01. The van der Waals surface area contributed by atoms with Crippen molar-refractivity contribution in [2.75, 3.05) is 39.4 Å². The minimum atomic E-state index is -0.130. The van der Waals surface area contributed by atoms with Crippen LogP contribution in [0.4, 0.5) is 0 Å². The summed E-state index contributed by atoms with van der Waals surface area (Å²) in [6.45, 7) is 7.33. The van der Waals surface area contributed by atoms with E-state index in [0.29, 0.717) is 18.7 Å². The number of rotatable bonds is 1. The molecular formula is C13H25Cl2N3O2. The van der Waals surface area contributed by atoms with Gasteiger partial charge in [-0.1, -0.05) is 0 Å². The summed E-state index contributed by atoms with van der Waals surface area (Å²) in [5.74, 6) is 0.230. The van der Waals surface area contributed by atoms with Gasteiger partial charge in [0.2, 0.25) is 5.91 Å². The molecule has 7 heteroatoms. The molecule has 0 saturated carbocycles. The van der Waals surface area contributed by atoms with Crippen molar-refractivity contribution >= 4 is 30.7 Å². The lowest BCUT2D eigenvalue weighted by molar-refractivity contribution is -0.142. The van der Waals surface area contributed by atoms with Gasteiger partial charge in [-0.3, -0.25) is 9.69 Å². The summed E-state index contributed by atoms with van der Waals surface area (Å²) in [6, 6.07) is 0.791. The first-order valence-corrected chi connectivity index (χ1v) is 7.11. The lowest BCUT2D eigenvalue weighted by Gasteiger charge is -2.43. The summed E-state index contributed by atoms with van der Waals surface area (Å²) >= 11 is 0. The average molecular weight is 326 g/mol. The molecule has 1 N–H and O–H groups in total. The van der Waals surface area contributed by atoms with E-state index >= 15 is 0 Å². The average Bonchev–Trinajstić information content (AvgIpc) is 2.85. The molecule has 3 fully saturated rings. The van der Waals surface area contributed by atoms with E-state index in [1.807, 2.05) is 0 Å². The lowest BCUT2D eigenvalue weighted by atomic mass is 10.1. The number of hydrogen-bond acceptors (Lipinski definition) is 4. The topological polar surface area (TPSA) is 44.8 Å². The van der Waals surface area contributed by atoms with E-state index in [9.17, 15) is 4.79 Å². The molecule has 3 unspecified atom stereocenters. The van der Waals surface area contributed by atoms with Crippen LogP contribution in [-0.2, 0) is 9.53 Å². The number of carbonyl (C=O) groups excluding carboxylic acids is 1. The van der Waals surface area contributed by atoms with Crippen molar-refractivity contribution in [3.8, 4) is 0 Å². The third kappa shape index (κ3) is 3.57. The predicted octanol–water partition coefficient (Wildman–Crippen LogP) is 0.513. The second-order valence-electron chi connectivity index (χ2n) is 5.71. The van der Waals surface area contributed by atoms with Crippen LogP contribution < -0.4 is 5.32 Å². The molecular weight excluding hydrogens is 301 g/mol. The summed E-state index contributed by atoms with van der Waals surface area (Å²) in [7, 11) is 0. The molecule has 3 aliphatic rings. The van der Waals surface area contributed by atoms with Crippen LogP contribution in [0.2, 0.25) is 0 Å². The molecule has 118 valence electrons. The van der Waals surface area contributed by atoms with Crippen molar-refractivity contribution in [1.29, 1.82) is 0 Å². The van der Waals surface area contributed by atoms with Crippen LogP contribution in [0.25, 0.3) is 0 Å². The van der Waals surface area contributed by atoms with Crippen LogP contribution in [0.1, 0.15) is 19.8 Å². The molecule has 20 heavy (non-hydrogen) atoms. The molecule has 1 amide bonds. The first-order valence-electron chi connectivity index (χ1n) is 7.11. The van der Waals surface area contributed by atoms with E-state index < -0.39 is 0 Å². The van der Waals surface area contributed by atoms with E-state index in [-0.39, 0.29) is 36.8 Å². The Morgan fingerprint density at radius 2 is 2.10 bits per heavy atom. The fourth-order valence-electron chi connectivity index (χ4n) is 3.42. The van der Waals surface area contributed by atoms with Crippen LogP contribution in [0.5, 0.6) is 0 Å². The van der Waals surface area contributed by atoms with Gasteiger partial charge in [0.1, 0.15) is 6.04 Å². The largest absolute Gasteiger partial charge is 0.378 e. The zero-order chi connectivity index (χ0) is 12.5. The molecule has 0 spiro atoms. The number of hydrogen-bond donors (Lipinski definition) is 1. The van der Waals surface area contributed by atoms with Crippen molar-refractivity contribution in [2.24, 2.45) is 0 Å². The summed E-state index contributed by atoms with van der Waals surface area (Å²) in [5.41, 5.74) is 0. The van der Waals surface area contributed by atoms with Crippen LogP contribution >= 0.6 is 24.8 Å². The Morgan fingerprint density at radius 1 is 1.30 bits per heavy atom. The van der Waals surface area contributed by atoms with Gasteiger partial charge in [0.15, 0.2) is 0 Å². The minimum absolute atomic E-state index is 0. The molecule has 3 rings (SSSR count). The lowest BCUT2D eigenvalue weighted by Crippen LogP contribution is -2.61. The second kappa shape index (κ2) is 7.80. The van der Waals surface area contributed by atoms with Crippen molar-refractivity contribution in [2.45, 2.75) is 37.9 Å². The second-order valence-corrected chi connectivity index (χ2v) is 5.71. The highest BCUT2D eigenvalue weighted by Gasteiger charge is 2.38. The van der Waals surface area contributed by atoms with Crippen molar-refractivity contribution in [1.82, 2.24) is 15.1 Å². The standard InChI is InChI=1S/C13H23N3O2.2ClH/c1-10-7-15-5-2-3-11(15)8-16(10)13(17)12-9-18-6-4-14-12;;/h10-12,14H,2-9H2,1H3;2*1H. The number of carbonyl (C=O) groups is 1. The first kappa shape index (κ1) is 18.0. The molecule has 0 aromatic carbocycles. The normalized spacial score (nSPS) is 33.9. The van der Waals surface area contributed by atoms with Crippen LogP contribution in [-0.4, -0.2) is 73.2 Å². The molecule has 0 aliphatic carbocycles. The highest BCUT2D eigenvalue weighted by molar-refractivity contribution is 5.85. The van der Waals surface area contributed by atoms with E-state index in [4.69, 9.17) is 4.74 Å². The van der Waals surface area contributed by atoms with Crippen LogP contribution in [0, 0.1) is 0 Å². The van der Waals surface area contributed by atoms with Gasteiger partial charge in [-0.15, -0.1) is 24.8 Å². The highest BCUT2D eigenvalue weighted by Crippen LogP contribution is 2.25. The van der Waals surface area contributed by atoms with Crippen molar-refractivity contribution in [3.05, 3.63) is 0 Å². The van der Waals surface area contributed by atoms with Gasteiger partial charge in [0.05, 0.1) is 13.2 Å². The molecule has 3 atom stereocenters. The quantitative estimate of drug-likeness (QED) is 0.763. The maximum absolute atomic E-state index is 12.5. The number of halogens is 2. The molecule has 3 aliphatic heterocycles. The summed E-state index contributed by atoms with van der Waals surface area (Å²) < 4.78 is 5.40. The number of fused-ring (bicyclic) bond motifs is 1. The van der Waals surface area contributed by atoms with Crippen LogP contribution in [0.15, 0.2) is 0 Å². The number of nitrogens with zero attached hydrogens (tertiary/aromatic N) is 2. The number of piperazine rings is 1. The number of morpholine rings is 1. The summed E-state index contributed by atoms with van der Waals surface area (Å²) in [4.78, 5) is 17.1. The van der Waals surface area contributed by atoms with Gasteiger partial charge in [-0.05, 0) is 26.3 Å². The molecule has 0 aromatic heterocycles. The SMILES string of the molecule is CC1CN2CCCC2CN1C(=O)C1COCCN1.Cl.Cl. The van der Waals surface area contributed by atoms with E-state index in [1.54, 1.807) is 0 Å². The molecule has 0 radical (unpaired) electrons. The Labute approximate surface area is 133 Å². The van der Waals surface area contributed by atoms with Gasteiger partial charge in [-0.2, -0.15) is 0 Å². The zero-order valence-corrected chi connectivity index (χ0v) is 13.5. The molecule has 5 nitrogen and oxygen atoms in total.